The normalized spacial score (nSPS) is 13.4. The smallest absolute Gasteiger partial charge is 0.0446 e. The maximum absolute atomic E-state index is 4.24. The SMILES string of the molecule is CC(C)c1cccc(C(C)C)c1NP(=C1C=CC=C1)(c1ccccc1)c1ccccc1. The van der Waals surface area contributed by atoms with Crippen molar-refractivity contribution in [3.05, 3.63) is 114 Å². The average molecular weight is 426 g/mol. The van der Waals surface area contributed by atoms with E-state index in [0.29, 0.717) is 11.8 Å². The van der Waals surface area contributed by atoms with Gasteiger partial charge in [-0.15, -0.1) is 0 Å². The lowest BCUT2D eigenvalue weighted by atomic mass is 9.93. The van der Waals surface area contributed by atoms with E-state index < -0.39 is 7.04 Å². The van der Waals surface area contributed by atoms with Crippen LogP contribution < -0.4 is 15.7 Å². The number of allylic oxidation sites excluding steroid dienone is 4. The van der Waals surface area contributed by atoms with Crippen molar-refractivity contribution in [3.8, 4) is 0 Å². The van der Waals surface area contributed by atoms with Crippen molar-refractivity contribution in [1.29, 1.82) is 0 Å². The lowest BCUT2D eigenvalue weighted by molar-refractivity contribution is 0.839. The van der Waals surface area contributed by atoms with Crippen molar-refractivity contribution in [3.63, 3.8) is 0 Å². The van der Waals surface area contributed by atoms with Crippen LogP contribution in [-0.4, -0.2) is 5.29 Å². The molecule has 0 bridgehead atoms. The van der Waals surface area contributed by atoms with Gasteiger partial charge >= 0.3 is 0 Å². The van der Waals surface area contributed by atoms with Crippen LogP contribution in [0.3, 0.4) is 0 Å². The summed E-state index contributed by atoms with van der Waals surface area (Å²) in [6.07, 6.45) is 8.90. The fourth-order valence-corrected chi connectivity index (χ4v) is 8.11. The van der Waals surface area contributed by atoms with E-state index in [1.165, 1.54) is 32.7 Å². The van der Waals surface area contributed by atoms with Crippen LogP contribution in [0.1, 0.15) is 50.7 Å². The fraction of sp³-hybridized carbons (Fsp3) is 0.207. The van der Waals surface area contributed by atoms with Gasteiger partial charge in [0.1, 0.15) is 0 Å². The second-order valence-corrected chi connectivity index (χ2v) is 11.8. The summed E-state index contributed by atoms with van der Waals surface area (Å²) in [7, 11) is -2.11. The molecule has 0 amide bonds. The maximum Gasteiger partial charge on any atom is 0.0446 e. The van der Waals surface area contributed by atoms with E-state index >= 15 is 0 Å². The van der Waals surface area contributed by atoms with Gasteiger partial charge in [0.2, 0.25) is 0 Å². The number of hydrogen-bond donors (Lipinski definition) is 1. The summed E-state index contributed by atoms with van der Waals surface area (Å²) in [4.78, 5) is 0. The standard InChI is InChI=1S/C29H32NP/c1-22(2)27-20-13-21-28(23(3)4)29(27)30-31(26-18-11-12-19-26,24-14-7-5-8-15-24)25-16-9-6-10-17-25/h5-23,30H,1-4H3. The first kappa shape index (κ1) is 21.5. The Morgan fingerprint density at radius 1 is 0.581 bits per heavy atom. The molecule has 0 saturated carbocycles. The highest BCUT2D eigenvalue weighted by molar-refractivity contribution is 7.91. The van der Waals surface area contributed by atoms with Gasteiger partial charge in [0, 0.05) is 12.7 Å². The summed E-state index contributed by atoms with van der Waals surface area (Å²) in [5.74, 6) is 0.878. The van der Waals surface area contributed by atoms with Crippen LogP contribution in [0.2, 0.25) is 0 Å². The molecule has 158 valence electrons. The number of anilines is 1. The van der Waals surface area contributed by atoms with Gasteiger partial charge in [-0.05, 0) is 38.9 Å². The molecule has 3 aromatic carbocycles. The predicted octanol–water partition coefficient (Wildman–Crippen LogP) is 7.23. The lowest BCUT2D eigenvalue weighted by Gasteiger charge is -2.34. The van der Waals surface area contributed by atoms with E-state index in [9.17, 15) is 0 Å². The Morgan fingerprint density at radius 2 is 1.03 bits per heavy atom. The van der Waals surface area contributed by atoms with Gasteiger partial charge < -0.3 is 5.09 Å². The molecule has 1 aliphatic carbocycles. The first-order valence-electron chi connectivity index (χ1n) is 11.2. The van der Waals surface area contributed by atoms with Gasteiger partial charge in [-0.3, -0.25) is 0 Å². The third-order valence-corrected chi connectivity index (χ3v) is 9.75. The number of rotatable bonds is 6. The molecule has 0 aliphatic heterocycles. The van der Waals surface area contributed by atoms with Gasteiger partial charge in [0.25, 0.3) is 0 Å². The third kappa shape index (κ3) is 4.08. The summed E-state index contributed by atoms with van der Waals surface area (Å²) in [6.45, 7) is 9.16. The van der Waals surface area contributed by atoms with Crippen molar-refractivity contribution in [1.82, 2.24) is 0 Å². The van der Waals surface area contributed by atoms with Crippen LogP contribution in [-0.2, 0) is 0 Å². The Kier molecular flexibility index (Phi) is 6.35. The van der Waals surface area contributed by atoms with Gasteiger partial charge in [-0.1, -0.05) is 131 Å². The second kappa shape index (κ2) is 9.16. The molecule has 0 fully saturated rings. The largest absolute Gasteiger partial charge is 0.358 e. The Hall–Kier alpha value is -2.76. The van der Waals surface area contributed by atoms with Crippen molar-refractivity contribution in [2.75, 3.05) is 5.09 Å². The molecule has 0 saturated heterocycles. The van der Waals surface area contributed by atoms with Crippen LogP contribution in [0.5, 0.6) is 0 Å². The van der Waals surface area contributed by atoms with Crippen LogP contribution >= 0.6 is 7.04 Å². The van der Waals surface area contributed by atoms with Crippen LogP contribution in [0.15, 0.2) is 103 Å². The molecular weight excluding hydrogens is 393 g/mol. The van der Waals surface area contributed by atoms with Gasteiger partial charge in [-0.25, -0.2) is 0 Å². The first-order valence-corrected chi connectivity index (χ1v) is 13.0. The molecule has 3 aromatic rings. The van der Waals surface area contributed by atoms with Crippen LogP contribution in [0.25, 0.3) is 0 Å². The molecule has 31 heavy (non-hydrogen) atoms. The first-order chi connectivity index (χ1) is 15.0. The molecule has 0 aromatic heterocycles. The van der Waals surface area contributed by atoms with E-state index in [2.05, 4.69) is 136 Å². The quantitative estimate of drug-likeness (QED) is 0.411. The summed E-state index contributed by atoms with van der Waals surface area (Å²) in [5.41, 5.74) is 4.07. The minimum Gasteiger partial charge on any atom is -0.358 e. The number of hydrogen-bond acceptors (Lipinski definition) is 1. The number of nitrogens with one attached hydrogen (secondary N) is 1. The monoisotopic (exact) mass is 425 g/mol. The van der Waals surface area contributed by atoms with E-state index in [1.54, 1.807) is 0 Å². The molecule has 1 aliphatic rings. The maximum atomic E-state index is 4.24. The zero-order chi connectivity index (χ0) is 21.8. The zero-order valence-corrected chi connectivity index (χ0v) is 19.8. The van der Waals surface area contributed by atoms with E-state index in [4.69, 9.17) is 0 Å². The highest BCUT2D eigenvalue weighted by atomic mass is 31.2. The Labute approximate surface area is 187 Å². The van der Waals surface area contributed by atoms with Gasteiger partial charge in [0.15, 0.2) is 0 Å². The molecule has 0 radical (unpaired) electrons. The topological polar surface area (TPSA) is 12.0 Å². The number of benzene rings is 3. The van der Waals surface area contributed by atoms with Gasteiger partial charge in [0.05, 0.1) is 0 Å². The molecule has 1 N–H and O–H groups in total. The third-order valence-electron chi connectivity index (χ3n) is 5.97. The Bertz CT molecular complexity index is 1070. The van der Waals surface area contributed by atoms with Crippen molar-refractivity contribution >= 4 is 28.6 Å². The van der Waals surface area contributed by atoms with Crippen molar-refractivity contribution < 1.29 is 0 Å². The van der Waals surface area contributed by atoms with Gasteiger partial charge in [-0.2, -0.15) is 0 Å². The van der Waals surface area contributed by atoms with Crippen molar-refractivity contribution in [2.45, 2.75) is 39.5 Å². The zero-order valence-electron chi connectivity index (χ0n) is 18.9. The Morgan fingerprint density at radius 3 is 1.45 bits per heavy atom. The molecule has 0 atom stereocenters. The molecule has 0 heterocycles. The summed E-state index contributed by atoms with van der Waals surface area (Å²) >= 11 is 0. The lowest BCUT2D eigenvalue weighted by Crippen LogP contribution is -2.27. The molecular formula is C29H32NP. The molecule has 4 rings (SSSR count). The number of para-hydroxylation sites is 1. The van der Waals surface area contributed by atoms with Crippen LogP contribution in [0, 0.1) is 0 Å². The van der Waals surface area contributed by atoms with E-state index in [-0.39, 0.29) is 0 Å². The van der Waals surface area contributed by atoms with E-state index in [1.807, 2.05) is 0 Å². The molecule has 2 heteroatoms. The summed E-state index contributed by atoms with van der Waals surface area (Å²) in [5, 5.41) is 8.29. The highest BCUT2D eigenvalue weighted by Crippen LogP contribution is 2.50. The molecule has 1 nitrogen and oxygen atoms in total. The summed E-state index contributed by atoms with van der Waals surface area (Å²) in [6, 6.07) is 28.8. The second-order valence-electron chi connectivity index (χ2n) is 8.72. The fourth-order valence-electron chi connectivity index (χ4n) is 4.38. The van der Waals surface area contributed by atoms with E-state index in [0.717, 1.165) is 0 Å². The Balaban J connectivity index is 2.09. The van der Waals surface area contributed by atoms with Crippen LogP contribution in [0.4, 0.5) is 5.69 Å². The minimum atomic E-state index is -2.11. The minimum absolute atomic E-state index is 0.439. The molecule has 0 spiro atoms. The predicted molar refractivity (Wildman–Crippen MR) is 141 cm³/mol. The summed E-state index contributed by atoms with van der Waals surface area (Å²) < 4.78 is 0. The van der Waals surface area contributed by atoms with Crippen molar-refractivity contribution in [2.24, 2.45) is 0 Å². The average Bonchev–Trinajstić information content (AvgIpc) is 3.33. The molecule has 0 unspecified atom stereocenters. The highest BCUT2D eigenvalue weighted by Gasteiger charge is 2.29.